The van der Waals surface area contributed by atoms with Crippen LogP contribution in [0.3, 0.4) is 0 Å². The van der Waals surface area contributed by atoms with E-state index in [1.165, 1.54) is 21.7 Å². The lowest BCUT2D eigenvalue weighted by atomic mass is 10.3. The third-order valence-electron chi connectivity index (χ3n) is 3.72. The van der Waals surface area contributed by atoms with Crippen LogP contribution in [0.2, 0.25) is 0 Å². The van der Waals surface area contributed by atoms with E-state index in [-0.39, 0.29) is 10.7 Å². The smallest absolute Gasteiger partial charge is 0.293 e. The first kappa shape index (κ1) is 19.0. The van der Waals surface area contributed by atoms with Gasteiger partial charge in [-0.3, -0.25) is 10.1 Å². The molecule has 0 saturated heterocycles. The number of benzene rings is 1. The molecule has 26 heavy (non-hydrogen) atoms. The van der Waals surface area contributed by atoms with Gasteiger partial charge in [-0.05, 0) is 46.3 Å². The predicted molar refractivity (Wildman–Crippen MR) is 104 cm³/mol. The third-order valence-corrected chi connectivity index (χ3v) is 7.13. The number of furan rings is 1. The maximum atomic E-state index is 12.6. The van der Waals surface area contributed by atoms with Crippen molar-refractivity contribution in [2.75, 3.05) is 18.4 Å². The van der Waals surface area contributed by atoms with E-state index in [2.05, 4.69) is 26.2 Å². The van der Waals surface area contributed by atoms with Crippen molar-refractivity contribution in [3.63, 3.8) is 0 Å². The standard InChI is InChI=1S/C16H16BrN3O4S2/c1-3-20(4-2)26(22,23)10-5-6-11-13(9-10)25-16(18-11)19-15(21)12-7-8-14(17)24-12/h5-9H,3-4H2,1-2H3,(H,18,19,21). The van der Waals surface area contributed by atoms with Gasteiger partial charge >= 0.3 is 0 Å². The molecule has 0 radical (unpaired) electrons. The van der Waals surface area contributed by atoms with Gasteiger partial charge in [-0.2, -0.15) is 4.31 Å². The largest absolute Gasteiger partial charge is 0.444 e. The van der Waals surface area contributed by atoms with E-state index in [0.717, 1.165) is 0 Å². The molecule has 0 saturated carbocycles. The number of thiazole rings is 1. The number of anilines is 1. The fraction of sp³-hybridized carbons (Fsp3) is 0.250. The lowest BCUT2D eigenvalue weighted by molar-refractivity contribution is 0.0995. The zero-order valence-corrected chi connectivity index (χ0v) is 17.2. The quantitative estimate of drug-likeness (QED) is 0.604. The first-order valence-electron chi connectivity index (χ1n) is 7.82. The van der Waals surface area contributed by atoms with E-state index in [1.54, 1.807) is 38.1 Å². The molecule has 0 fully saturated rings. The molecule has 0 aliphatic carbocycles. The van der Waals surface area contributed by atoms with Gasteiger partial charge in [-0.1, -0.05) is 25.2 Å². The van der Waals surface area contributed by atoms with Crippen molar-refractivity contribution in [2.45, 2.75) is 18.7 Å². The van der Waals surface area contributed by atoms with Gasteiger partial charge in [-0.25, -0.2) is 13.4 Å². The second-order valence-electron chi connectivity index (χ2n) is 5.30. The van der Waals surface area contributed by atoms with Crippen molar-refractivity contribution < 1.29 is 17.6 Å². The number of hydrogen-bond donors (Lipinski definition) is 1. The molecule has 1 aromatic carbocycles. The van der Waals surface area contributed by atoms with Gasteiger partial charge in [0.1, 0.15) is 0 Å². The molecule has 1 amide bonds. The fourth-order valence-corrected chi connectivity index (χ4v) is 5.19. The highest BCUT2D eigenvalue weighted by molar-refractivity contribution is 9.10. The number of aromatic nitrogens is 1. The SMILES string of the molecule is CCN(CC)S(=O)(=O)c1ccc2nc(NC(=O)c3ccc(Br)o3)sc2c1. The van der Waals surface area contributed by atoms with Gasteiger partial charge in [0.05, 0.1) is 15.1 Å². The van der Waals surface area contributed by atoms with Crippen LogP contribution in [0.5, 0.6) is 0 Å². The van der Waals surface area contributed by atoms with Crippen molar-refractivity contribution in [2.24, 2.45) is 0 Å². The summed E-state index contributed by atoms with van der Waals surface area (Å²) < 4.78 is 33.0. The Labute approximate surface area is 163 Å². The summed E-state index contributed by atoms with van der Waals surface area (Å²) in [4.78, 5) is 16.7. The van der Waals surface area contributed by atoms with E-state index >= 15 is 0 Å². The average Bonchev–Trinajstić information content (AvgIpc) is 3.20. The first-order valence-corrected chi connectivity index (χ1v) is 10.9. The predicted octanol–water partition coefficient (Wildman–Crippen LogP) is 3.93. The molecule has 0 bridgehead atoms. The minimum atomic E-state index is -3.54. The average molecular weight is 458 g/mol. The highest BCUT2D eigenvalue weighted by atomic mass is 79.9. The molecular weight excluding hydrogens is 442 g/mol. The summed E-state index contributed by atoms with van der Waals surface area (Å²) in [6.07, 6.45) is 0. The maximum absolute atomic E-state index is 12.6. The second-order valence-corrected chi connectivity index (χ2v) is 9.05. The molecule has 138 valence electrons. The molecule has 2 heterocycles. The van der Waals surface area contributed by atoms with Crippen molar-refractivity contribution >= 4 is 58.5 Å². The van der Waals surface area contributed by atoms with Gasteiger partial charge in [-0.15, -0.1) is 0 Å². The molecule has 0 aliphatic rings. The topological polar surface area (TPSA) is 92.5 Å². The van der Waals surface area contributed by atoms with Crippen LogP contribution in [0.25, 0.3) is 10.2 Å². The number of carbonyl (C=O) groups excluding carboxylic acids is 1. The first-order chi connectivity index (χ1) is 12.3. The second kappa shape index (κ2) is 7.47. The van der Waals surface area contributed by atoms with Crippen LogP contribution < -0.4 is 5.32 Å². The van der Waals surface area contributed by atoms with E-state index < -0.39 is 15.9 Å². The number of amides is 1. The molecule has 0 spiro atoms. The molecule has 0 unspecified atom stereocenters. The summed E-state index contributed by atoms with van der Waals surface area (Å²) in [6, 6.07) is 7.92. The molecule has 10 heteroatoms. The maximum Gasteiger partial charge on any atom is 0.293 e. The van der Waals surface area contributed by atoms with Crippen LogP contribution in [0, 0.1) is 0 Å². The summed E-state index contributed by atoms with van der Waals surface area (Å²) in [5.74, 6) is -0.272. The van der Waals surface area contributed by atoms with Crippen LogP contribution in [0.4, 0.5) is 5.13 Å². The van der Waals surface area contributed by atoms with E-state index in [0.29, 0.717) is 33.1 Å². The third kappa shape index (κ3) is 3.68. The Morgan fingerprint density at radius 1 is 1.27 bits per heavy atom. The molecule has 3 aromatic rings. The van der Waals surface area contributed by atoms with E-state index in [1.807, 2.05) is 0 Å². The highest BCUT2D eigenvalue weighted by Gasteiger charge is 2.22. The number of fused-ring (bicyclic) bond motifs is 1. The fourth-order valence-electron chi connectivity index (χ4n) is 2.43. The van der Waals surface area contributed by atoms with Crippen LogP contribution >= 0.6 is 27.3 Å². The minimum Gasteiger partial charge on any atom is -0.444 e. The number of hydrogen-bond acceptors (Lipinski definition) is 6. The number of nitrogens with zero attached hydrogens (tertiary/aromatic N) is 2. The summed E-state index contributed by atoms with van der Waals surface area (Å²) in [7, 11) is -3.54. The summed E-state index contributed by atoms with van der Waals surface area (Å²) >= 11 is 4.35. The van der Waals surface area contributed by atoms with Crippen LogP contribution in [0.15, 0.2) is 44.3 Å². The zero-order chi connectivity index (χ0) is 18.9. The lowest BCUT2D eigenvalue weighted by Crippen LogP contribution is -2.30. The Morgan fingerprint density at radius 3 is 2.62 bits per heavy atom. The Hall–Kier alpha value is -1.75. The molecular formula is C16H16BrN3O4S2. The minimum absolute atomic E-state index is 0.154. The molecule has 0 atom stereocenters. The summed E-state index contributed by atoms with van der Waals surface area (Å²) in [5.41, 5.74) is 0.615. The Balaban J connectivity index is 1.89. The number of halogens is 1. The summed E-state index contributed by atoms with van der Waals surface area (Å²) in [5, 5.41) is 3.03. The lowest BCUT2D eigenvalue weighted by Gasteiger charge is -2.18. The van der Waals surface area contributed by atoms with Crippen molar-refractivity contribution in [1.82, 2.24) is 9.29 Å². The zero-order valence-electron chi connectivity index (χ0n) is 14.0. The van der Waals surface area contributed by atoms with Crippen molar-refractivity contribution in [1.29, 1.82) is 0 Å². The normalized spacial score (nSPS) is 12.0. The van der Waals surface area contributed by atoms with E-state index in [9.17, 15) is 13.2 Å². The number of carbonyl (C=O) groups is 1. The molecule has 7 nitrogen and oxygen atoms in total. The van der Waals surface area contributed by atoms with E-state index in [4.69, 9.17) is 4.42 Å². The molecule has 3 rings (SSSR count). The van der Waals surface area contributed by atoms with Gasteiger partial charge in [0.25, 0.3) is 5.91 Å². The number of rotatable bonds is 6. The molecule has 1 N–H and O–H groups in total. The number of nitrogens with one attached hydrogen (secondary N) is 1. The van der Waals surface area contributed by atoms with Crippen molar-refractivity contribution in [3.8, 4) is 0 Å². The van der Waals surface area contributed by atoms with Crippen LogP contribution in [0.1, 0.15) is 24.4 Å². The summed E-state index contributed by atoms with van der Waals surface area (Å²) in [6.45, 7) is 4.40. The molecule has 2 aromatic heterocycles. The Morgan fingerprint density at radius 2 is 2.00 bits per heavy atom. The van der Waals surface area contributed by atoms with Crippen LogP contribution in [-0.2, 0) is 10.0 Å². The van der Waals surface area contributed by atoms with Gasteiger partial charge in [0, 0.05) is 13.1 Å². The number of sulfonamides is 1. The van der Waals surface area contributed by atoms with Crippen molar-refractivity contribution in [3.05, 3.63) is 40.8 Å². The van der Waals surface area contributed by atoms with Gasteiger partial charge < -0.3 is 4.42 Å². The highest BCUT2D eigenvalue weighted by Crippen LogP contribution is 2.29. The molecule has 0 aliphatic heterocycles. The van der Waals surface area contributed by atoms with Gasteiger partial charge in [0.2, 0.25) is 10.0 Å². The monoisotopic (exact) mass is 457 g/mol. The van der Waals surface area contributed by atoms with Crippen LogP contribution in [-0.4, -0.2) is 36.7 Å². The Kier molecular flexibility index (Phi) is 5.47. The Bertz CT molecular complexity index is 1050. The van der Waals surface area contributed by atoms with Gasteiger partial charge in [0.15, 0.2) is 15.6 Å².